The summed E-state index contributed by atoms with van der Waals surface area (Å²) in [5, 5.41) is 6.37. The molecule has 6 nitrogen and oxygen atoms in total. The topological polar surface area (TPSA) is 73.6 Å². The van der Waals surface area contributed by atoms with E-state index in [0.29, 0.717) is 30.2 Å². The van der Waals surface area contributed by atoms with Gasteiger partial charge < -0.3 is 14.0 Å². The Morgan fingerprint density at radius 3 is 2.62 bits per heavy atom. The molecule has 0 atom stereocenters. The number of benzene rings is 1. The Labute approximate surface area is 123 Å². The highest BCUT2D eigenvalue weighted by molar-refractivity contribution is 5.89. The van der Waals surface area contributed by atoms with Crippen molar-refractivity contribution in [2.75, 3.05) is 19.5 Å². The Kier molecular flexibility index (Phi) is 4.81. The van der Waals surface area contributed by atoms with Crippen LogP contribution >= 0.6 is 0 Å². The number of hydrogen-bond donors (Lipinski definition) is 1. The van der Waals surface area contributed by atoms with Gasteiger partial charge in [-0.15, -0.1) is 0 Å². The maximum absolute atomic E-state index is 11.8. The summed E-state index contributed by atoms with van der Waals surface area (Å²) in [5.74, 6) is 1.56. The van der Waals surface area contributed by atoms with Crippen LogP contribution in [0.3, 0.4) is 0 Å². The van der Waals surface area contributed by atoms with Gasteiger partial charge in [-0.25, -0.2) is 0 Å². The van der Waals surface area contributed by atoms with Crippen molar-refractivity contribution >= 4 is 11.8 Å². The minimum atomic E-state index is -0.124. The van der Waals surface area contributed by atoms with E-state index in [2.05, 4.69) is 10.5 Å². The van der Waals surface area contributed by atoms with Gasteiger partial charge in [-0.3, -0.25) is 10.1 Å². The van der Waals surface area contributed by atoms with Gasteiger partial charge in [0.15, 0.2) is 11.5 Å². The SMILES string of the molecule is COc1ccc(CCC(=O)Nc2cc(C)no2)cc1OC. The Balaban J connectivity index is 1.91. The van der Waals surface area contributed by atoms with Crippen LogP contribution in [0.1, 0.15) is 17.7 Å². The number of aromatic nitrogens is 1. The van der Waals surface area contributed by atoms with Gasteiger partial charge in [0.2, 0.25) is 11.8 Å². The van der Waals surface area contributed by atoms with Gasteiger partial charge in [0.1, 0.15) is 0 Å². The summed E-state index contributed by atoms with van der Waals surface area (Å²) in [6, 6.07) is 7.28. The Morgan fingerprint density at radius 1 is 1.24 bits per heavy atom. The molecule has 0 saturated heterocycles. The van der Waals surface area contributed by atoms with Crippen molar-refractivity contribution in [1.82, 2.24) is 5.16 Å². The fraction of sp³-hybridized carbons (Fsp3) is 0.333. The first-order chi connectivity index (χ1) is 10.1. The van der Waals surface area contributed by atoms with Crippen molar-refractivity contribution in [3.05, 3.63) is 35.5 Å². The third-order valence-electron chi connectivity index (χ3n) is 2.98. The lowest BCUT2D eigenvalue weighted by molar-refractivity contribution is -0.116. The number of methoxy groups -OCH3 is 2. The third-order valence-corrected chi connectivity index (χ3v) is 2.98. The molecule has 0 aliphatic heterocycles. The molecule has 0 saturated carbocycles. The Hall–Kier alpha value is -2.50. The van der Waals surface area contributed by atoms with E-state index in [0.717, 1.165) is 11.3 Å². The minimum Gasteiger partial charge on any atom is -0.493 e. The van der Waals surface area contributed by atoms with Crippen molar-refractivity contribution in [1.29, 1.82) is 0 Å². The number of anilines is 1. The molecule has 2 rings (SSSR count). The van der Waals surface area contributed by atoms with E-state index >= 15 is 0 Å². The van der Waals surface area contributed by atoms with Crippen molar-refractivity contribution in [2.24, 2.45) is 0 Å². The molecule has 0 bridgehead atoms. The number of carbonyl (C=O) groups is 1. The van der Waals surface area contributed by atoms with Crippen molar-refractivity contribution in [3.63, 3.8) is 0 Å². The largest absolute Gasteiger partial charge is 0.493 e. The highest BCUT2D eigenvalue weighted by Crippen LogP contribution is 2.28. The summed E-state index contributed by atoms with van der Waals surface area (Å²) in [5.41, 5.74) is 1.72. The van der Waals surface area contributed by atoms with E-state index in [4.69, 9.17) is 14.0 Å². The molecule has 0 aliphatic rings. The fourth-order valence-corrected chi connectivity index (χ4v) is 1.92. The number of nitrogens with one attached hydrogen (secondary N) is 1. The summed E-state index contributed by atoms with van der Waals surface area (Å²) in [6.07, 6.45) is 0.939. The van der Waals surface area contributed by atoms with Crippen LogP contribution in [0.2, 0.25) is 0 Å². The first-order valence-corrected chi connectivity index (χ1v) is 6.56. The molecule has 0 fully saturated rings. The zero-order valence-electron chi connectivity index (χ0n) is 12.3. The minimum absolute atomic E-state index is 0.124. The third kappa shape index (κ3) is 3.98. The molecule has 1 aromatic carbocycles. The molecule has 6 heteroatoms. The lowest BCUT2D eigenvalue weighted by atomic mass is 10.1. The predicted molar refractivity (Wildman–Crippen MR) is 77.7 cm³/mol. The second-order valence-electron chi connectivity index (χ2n) is 4.57. The van der Waals surface area contributed by atoms with Gasteiger partial charge in [-0.05, 0) is 31.0 Å². The molecule has 0 aliphatic carbocycles. The van der Waals surface area contributed by atoms with Crippen LogP contribution in [-0.4, -0.2) is 25.3 Å². The van der Waals surface area contributed by atoms with Gasteiger partial charge >= 0.3 is 0 Å². The summed E-state index contributed by atoms with van der Waals surface area (Å²) in [4.78, 5) is 11.8. The monoisotopic (exact) mass is 290 g/mol. The number of amides is 1. The van der Waals surface area contributed by atoms with Crippen LogP contribution in [0.5, 0.6) is 11.5 Å². The highest BCUT2D eigenvalue weighted by atomic mass is 16.5. The van der Waals surface area contributed by atoms with E-state index < -0.39 is 0 Å². The molecule has 1 N–H and O–H groups in total. The summed E-state index contributed by atoms with van der Waals surface area (Å²) < 4.78 is 15.3. The first kappa shape index (κ1) is 14.9. The van der Waals surface area contributed by atoms with E-state index in [-0.39, 0.29) is 5.91 Å². The number of nitrogens with zero attached hydrogens (tertiary/aromatic N) is 1. The summed E-state index contributed by atoms with van der Waals surface area (Å²) >= 11 is 0. The number of rotatable bonds is 6. The van der Waals surface area contributed by atoms with Gasteiger partial charge in [-0.1, -0.05) is 11.2 Å². The average molecular weight is 290 g/mol. The average Bonchev–Trinajstić information content (AvgIpc) is 2.89. The lowest BCUT2D eigenvalue weighted by Crippen LogP contribution is -2.11. The van der Waals surface area contributed by atoms with Crippen molar-refractivity contribution in [3.8, 4) is 11.5 Å². The molecular weight excluding hydrogens is 272 g/mol. The quantitative estimate of drug-likeness (QED) is 0.885. The van der Waals surface area contributed by atoms with Gasteiger partial charge in [0.05, 0.1) is 19.9 Å². The van der Waals surface area contributed by atoms with Crippen LogP contribution in [0.15, 0.2) is 28.8 Å². The van der Waals surface area contributed by atoms with Gasteiger partial charge in [-0.2, -0.15) is 0 Å². The standard InChI is InChI=1S/C15H18N2O4/c1-10-8-15(21-17-10)16-14(18)7-5-11-4-6-12(19-2)13(9-11)20-3/h4,6,8-9H,5,7H2,1-3H3,(H,16,18). The molecule has 1 aromatic heterocycles. The van der Waals surface area contributed by atoms with Crippen LogP contribution in [-0.2, 0) is 11.2 Å². The smallest absolute Gasteiger partial charge is 0.231 e. The first-order valence-electron chi connectivity index (χ1n) is 6.56. The highest BCUT2D eigenvalue weighted by Gasteiger charge is 2.09. The molecule has 0 radical (unpaired) electrons. The molecule has 21 heavy (non-hydrogen) atoms. The Bertz CT molecular complexity index is 622. The van der Waals surface area contributed by atoms with Gasteiger partial charge in [0, 0.05) is 12.5 Å². The van der Waals surface area contributed by atoms with Gasteiger partial charge in [0.25, 0.3) is 0 Å². The van der Waals surface area contributed by atoms with E-state index in [1.54, 1.807) is 27.2 Å². The van der Waals surface area contributed by atoms with Crippen molar-refractivity contribution < 1.29 is 18.8 Å². The maximum Gasteiger partial charge on any atom is 0.231 e. The van der Waals surface area contributed by atoms with Crippen LogP contribution in [0.4, 0.5) is 5.88 Å². The fourth-order valence-electron chi connectivity index (χ4n) is 1.92. The summed E-state index contributed by atoms with van der Waals surface area (Å²) in [7, 11) is 3.17. The van der Waals surface area contributed by atoms with Crippen LogP contribution in [0, 0.1) is 6.92 Å². The molecule has 0 unspecified atom stereocenters. The molecule has 1 heterocycles. The van der Waals surface area contributed by atoms with Crippen LogP contribution in [0.25, 0.3) is 0 Å². The zero-order valence-corrected chi connectivity index (χ0v) is 12.3. The Morgan fingerprint density at radius 2 is 2.00 bits per heavy atom. The van der Waals surface area contributed by atoms with E-state index in [1.165, 1.54) is 0 Å². The molecule has 2 aromatic rings. The number of hydrogen-bond acceptors (Lipinski definition) is 5. The number of carbonyl (C=O) groups excluding carboxylic acids is 1. The molecule has 112 valence electrons. The zero-order chi connectivity index (χ0) is 15.2. The van der Waals surface area contributed by atoms with E-state index in [1.807, 2.05) is 18.2 Å². The number of aryl methyl sites for hydroxylation is 2. The number of ether oxygens (including phenoxy) is 2. The summed E-state index contributed by atoms with van der Waals surface area (Å²) in [6.45, 7) is 1.79. The van der Waals surface area contributed by atoms with Crippen LogP contribution < -0.4 is 14.8 Å². The maximum atomic E-state index is 11.8. The van der Waals surface area contributed by atoms with Crippen molar-refractivity contribution in [2.45, 2.75) is 19.8 Å². The normalized spacial score (nSPS) is 10.2. The lowest BCUT2D eigenvalue weighted by Gasteiger charge is -2.09. The molecule has 0 spiro atoms. The molecular formula is C15H18N2O4. The second-order valence-corrected chi connectivity index (χ2v) is 4.57. The molecule has 1 amide bonds. The predicted octanol–water partition coefficient (Wildman–Crippen LogP) is 2.57. The second kappa shape index (κ2) is 6.78. The van der Waals surface area contributed by atoms with E-state index in [9.17, 15) is 4.79 Å².